The molecule has 0 radical (unpaired) electrons. The van der Waals surface area contributed by atoms with Crippen LogP contribution in [0.5, 0.6) is 0 Å². The van der Waals surface area contributed by atoms with Crippen molar-refractivity contribution in [3.05, 3.63) is 18.2 Å². The SMILES string of the molecule is CCC(C)(OC)C(N)c1nccn1C. The first-order valence-corrected chi connectivity index (χ1v) is 4.83. The van der Waals surface area contributed by atoms with Crippen molar-refractivity contribution in [1.82, 2.24) is 9.55 Å². The van der Waals surface area contributed by atoms with E-state index >= 15 is 0 Å². The molecule has 4 heteroatoms. The summed E-state index contributed by atoms with van der Waals surface area (Å²) in [4.78, 5) is 4.24. The summed E-state index contributed by atoms with van der Waals surface area (Å²) >= 11 is 0. The molecule has 0 saturated heterocycles. The summed E-state index contributed by atoms with van der Waals surface area (Å²) in [7, 11) is 3.63. The van der Waals surface area contributed by atoms with Gasteiger partial charge in [-0.1, -0.05) is 6.92 Å². The lowest BCUT2D eigenvalue weighted by Crippen LogP contribution is -2.41. The van der Waals surface area contributed by atoms with Gasteiger partial charge in [-0.25, -0.2) is 4.98 Å². The number of rotatable bonds is 4. The summed E-state index contributed by atoms with van der Waals surface area (Å²) in [6.07, 6.45) is 4.50. The maximum Gasteiger partial charge on any atom is 0.128 e. The van der Waals surface area contributed by atoms with Crippen LogP contribution >= 0.6 is 0 Å². The first kappa shape index (κ1) is 11.2. The molecule has 0 aliphatic carbocycles. The van der Waals surface area contributed by atoms with Gasteiger partial charge in [0.1, 0.15) is 5.82 Å². The van der Waals surface area contributed by atoms with E-state index in [9.17, 15) is 0 Å². The van der Waals surface area contributed by atoms with Gasteiger partial charge in [0.2, 0.25) is 0 Å². The fourth-order valence-corrected chi connectivity index (χ4v) is 1.44. The first-order valence-electron chi connectivity index (χ1n) is 4.83. The van der Waals surface area contributed by atoms with Gasteiger partial charge in [0, 0.05) is 26.6 Å². The van der Waals surface area contributed by atoms with E-state index in [0.29, 0.717) is 0 Å². The monoisotopic (exact) mass is 197 g/mol. The van der Waals surface area contributed by atoms with Crippen LogP contribution < -0.4 is 5.73 Å². The lowest BCUT2D eigenvalue weighted by Gasteiger charge is -2.32. The molecule has 1 aromatic heterocycles. The summed E-state index contributed by atoms with van der Waals surface area (Å²) in [6.45, 7) is 4.07. The van der Waals surface area contributed by atoms with Gasteiger partial charge in [0.15, 0.2) is 0 Å². The number of methoxy groups -OCH3 is 1. The number of imidazole rings is 1. The van der Waals surface area contributed by atoms with Crippen LogP contribution in [0.1, 0.15) is 32.1 Å². The molecule has 14 heavy (non-hydrogen) atoms. The Kier molecular flexibility index (Phi) is 3.29. The number of aryl methyl sites for hydroxylation is 1. The minimum Gasteiger partial charge on any atom is -0.376 e. The van der Waals surface area contributed by atoms with Crippen LogP contribution in [0.4, 0.5) is 0 Å². The topological polar surface area (TPSA) is 53.1 Å². The molecule has 0 aromatic carbocycles. The molecule has 2 atom stereocenters. The maximum absolute atomic E-state index is 6.13. The van der Waals surface area contributed by atoms with Gasteiger partial charge in [-0.3, -0.25) is 0 Å². The molecule has 0 amide bonds. The van der Waals surface area contributed by atoms with Crippen molar-refractivity contribution in [3.8, 4) is 0 Å². The van der Waals surface area contributed by atoms with E-state index < -0.39 is 0 Å². The molecule has 2 unspecified atom stereocenters. The highest BCUT2D eigenvalue weighted by atomic mass is 16.5. The second-order valence-corrected chi connectivity index (χ2v) is 3.74. The molecule has 1 aromatic rings. The lowest BCUT2D eigenvalue weighted by atomic mass is 9.93. The number of nitrogens with two attached hydrogens (primary N) is 1. The van der Waals surface area contributed by atoms with Crippen molar-refractivity contribution in [3.63, 3.8) is 0 Å². The van der Waals surface area contributed by atoms with Crippen molar-refractivity contribution in [1.29, 1.82) is 0 Å². The Bertz CT molecular complexity index is 291. The molecule has 80 valence electrons. The van der Waals surface area contributed by atoms with Crippen molar-refractivity contribution in [2.45, 2.75) is 31.9 Å². The Balaban J connectivity index is 2.94. The maximum atomic E-state index is 6.13. The van der Waals surface area contributed by atoms with E-state index in [0.717, 1.165) is 12.2 Å². The number of hydrogen-bond acceptors (Lipinski definition) is 3. The average molecular weight is 197 g/mol. The zero-order valence-corrected chi connectivity index (χ0v) is 9.32. The van der Waals surface area contributed by atoms with E-state index in [-0.39, 0.29) is 11.6 Å². The molecule has 0 aliphatic heterocycles. The molecule has 4 nitrogen and oxygen atoms in total. The Morgan fingerprint density at radius 1 is 1.71 bits per heavy atom. The smallest absolute Gasteiger partial charge is 0.128 e. The Hall–Kier alpha value is -0.870. The van der Waals surface area contributed by atoms with Crippen LogP contribution in [0.25, 0.3) is 0 Å². The third kappa shape index (κ3) is 1.81. The van der Waals surface area contributed by atoms with Gasteiger partial charge < -0.3 is 15.0 Å². The molecule has 1 rings (SSSR count). The summed E-state index contributed by atoms with van der Waals surface area (Å²) in [5.41, 5.74) is 5.78. The van der Waals surface area contributed by atoms with Gasteiger partial charge in [-0.05, 0) is 13.3 Å². The molecule has 1 heterocycles. The number of hydrogen-bond donors (Lipinski definition) is 1. The lowest BCUT2D eigenvalue weighted by molar-refractivity contribution is -0.0221. The fourth-order valence-electron chi connectivity index (χ4n) is 1.44. The Labute approximate surface area is 85.1 Å². The largest absolute Gasteiger partial charge is 0.376 e. The number of ether oxygens (including phenoxy) is 1. The predicted octanol–water partition coefficient (Wildman–Crippen LogP) is 1.24. The zero-order chi connectivity index (χ0) is 10.8. The van der Waals surface area contributed by atoms with E-state index in [1.165, 1.54) is 0 Å². The molecule has 0 bridgehead atoms. The van der Waals surface area contributed by atoms with Gasteiger partial charge in [0.25, 0.3) is 0 Å². The van der Waals surface area contributed by atoms with Crippen LogP contribution in [-0.4, -0.2) is 22.3 Å². The van der Waals surface area contributed by atoms with Gasteiger partial charge >= 0.3 is 0 Å². The van der Waals surface area contributed by atoms with Crippen molar-refractivity contribution >= 4 is 0 Å². The molecule has 2 N–H and O–H groups in total. The Morgan fingerprint density at radius 2 is 2.36 bits per heavy atom. The van der Waals surface area contributed by atoms with E-state index in [4.69, 9.17) is 10.5 Å². The van der Waals surface area contributed by atoms with Crippen molar-refractivity contribution < 1.29 is 4.74 Å². The first-order chi connectivity index (χ1) is 6.55. The van der Waals surface area contributed by atoms with Crippen LogP contribution in [-0.2, 0) is 11.8 Å². The van der Waals surface area contributed by atoms with Crippen molar-refractivity contribution in [2.75, 3.05) is 7.11 Å². The second-order valence-electron chi connectivity index (χ2n) is 3.74. The Morgan fingerprint density at radius 3 is 2.71 bits per heavy atom. The van der Waals surface area contributed by atoms with Crippen LogP contribution in [0.3, 0.4) is 0 Å². The average Bonchev–Trinajstić information content (AvgIpc) is 2.62. The van der Waals surface area contributed by atoms with E-state index in [1.807, 2.05) is 24.7 Å². The van der Waals surface area contributed by atoms with Crippen molar-refractivity contribution in [2.24, 2.45) is 12.8 Å². The minimum absolute atomic E-state index is 0.197. The molecule has 0 saturated carbocycles. The highest BCUT2D eigenvalue weighted by Crippen LogP contribution is 2.27. The fraction of sp³-hybridized carbons (Fsp3) is 0.700. The summed E-state index contributed by atoms with van der Waals surface area (Å²) in [6, 6.07) is -0.197. The number of nitrogens with zero attached hydrogens (tertiary/aromatic N) is 2. The standard InChI is InChI=1S/C10H19N3O/c1-5-10(2,14-4)8(11)9-12-6-7-13(9)3/h6-8H,5,11H2,1-4H3. The third-order valence-electron chi connectivity index (χ3n) is 2.96. The zero-order valence-electron chi connectivity index (χ0n) is 9.32. The third-order valence-corrected chi connectivity index (χ3v) is 2.96. The van der Waals surface area contributed by atoms with Gasteiger partial charge in [-0.2, -0.15) is 0 Å². The highest BCUT2D eigenvalue weighted by Gasteiger charge is 2.33. The van der Waals surface area contributed by atoms with Gasteiger partial charge in [-0.15, -0.1) is 0 Å². The van der Waals surface area contributed by atoms with Crippen LogP contribution in [0.2, 0.25) is 0 Å². The van der Waals surface area contributed by atoms with E-state index in [2.05, 4.69) is 11.9 Å². The molecule has 0 fully saturated rings. The van der Waals surface area contributed by atoms with Gasteiger partial charge in [0.05, 0.1) is 11.6 Å². The van der Waals surface area contributed by atoms with E-state index in [1.54, 1.807) is 13.3 Å². The highest BCUT2D eigenvalue weighted by molar-refractivity contribution is 5.04. The molecular weight excluding hydrogens is 178 g/mol. The normalized spacial score (nSPS) is 17.8. The van der Waals surface area contributed by atoms with Crippen LogP contribution in [0, 0.1) is 0 Å². The molecule has 0 spiro atoms. The quantitative estimate of drug-likeness (QED) is 0.790. The van der Waals surface area contributed by atoms with Crippen LogP contribution in [0.15, 0.2) is 12.4 Å². The summed E-state index contributed by atoms with van der Waals surface area (Å²) in [5.74, 6) is 0.858. The summed E-state index contributed by atoms with van der Waals surface area (Å²) in [5, 5.41) is 0. The summed E-state index contributed by atoms with van der Waals surface area (Å²) < 4.78 is 7.38. The molecular formula is C10H19N3O. The number of aromatic nitrogens is 2. The molecule has 0 aliphatic rings. The minimum atomic E-state index is -0.348. The predicted molar refractivity (Wildman–Crippen MR) is 55.8 cm³/mol. The second kappa shape index (κ2) is 4.11.